The fraction of sp³-hybridized carbons (Fsp3) is 0.261. The third kappa shape index (κ3) is 2.28. The van der Waals surface area contributed by atoms with Gasteiger partial charge in [0.05, 0.1) is 29.0 Å². The summed E-state index contributed by atoms with van der Waals surface area (Å²) in [5.74, 6) is -1.12. The molecule has 1 unspecified atom stereocenters. The maximum Gasteiger partial charge on any atom is 0.340 e. The van der Waals surface area contributed by atoms with Crippen LogP contribution in [0.1, 0.15) is 45.9 Å². The standard InChI is InChI=1S/C23H18FN3O4/c1-9-10-3-2-4-15(25)18-12-7-27-17(20(12)26-16(19(10)18)6-14(9)24)5-11-13(22(27)29)8-31-23(30)21(11)28/h4-6,21,28H,2-3,7-8,25H2,1H3. The van der Waals surface area contributed by atoms with E-state index >= 15 is 0 Å². The van der Waals surface area contributed by atoms with Crippen LogP contribution >= 0.6 is 0 Å². The first kappa shape index (κ1) is 18.3. The first-order valence-corrected chi connectivity index (χ1v) is 10.1. The first-order valence-electron chi connectivity index (χ1n) is 10.1. The summed E-state index contributed by atoms with van der Waals surface area (Å²) in [6.45, 7) is 1.83. The number of allylic oxidation sites excluding steroid dienone is 1. The van der Waals surface area contributed by atoms with Gasteiger partial charge in [-0.05, 0) is 37.0 Å². The molecule has 2 aromatic heterocycles. The van der Waals surface area contributed by atoms with Gasteiger partial charge in [0, 0.05) is 33.8 Å². The molecule has 156 valence electrons. The van der Waals surface area contributed by atoms with Gasteiger partial charge in [0.1, 0.15) is 12.4 Å². The highest BCUT2D eigenvalue weighted by Crippen LogP contribution is 2.42. The van der Waals surface area contributed by atoms with Gasteiger partial charge in [0.25, 0.3) is 5.56 Å². The number of carbonyl (C=O) groups excluding carboxylic acids is 1. The Bertz CT molecular complexity index is 1450. The molecule has 0 amide bonds. The van der Waals surface area contributed by atoms with Gasteiger partial charge in [0.2, 0.25) is 0 Å². The molecule has 0 radical (unpaired) electrons. The van der Waals surface area contributed by atoms with E-state index in [9.17, 15) is 19.1 Å². The SMILES string of the molecule is Cc1c(F)cc2nc3c(c4c2c1CCC=C4N)Cn1c-3cc2c(c1=O)COC(=O)C2O. The van der Waals surface area contributed by atoms with E-state index in [-0.39, 0.29) is 35.7 Å². The van der Waals surface area contributed by atoms with E-state index in [1.165, 1.54) is 6.07 Å². The molecule has 1 aromatic carbocycles. The van der Waals surface area contributed by atoms with Crippen LogP contribution in [0.3, 0.4) is 0 Å². The van der Waals surface area contributed by atoms with Crippen molar-refractivity contribution in [3.63, 3.8) is 0 Å². The minimum Gasteiger partial charge on any atom is -0.458 e. The zero-order chi connectivity index (χ0) is 21.6. The summed E-state index contributed by atoms with van der Waals surface area (Å²) in [7, 11) is 0. The first-order chi connectivity index (χ1) is 14.9. The van der Waals surface area contributed by atoms with Crippen LogP contribution in [-0.2, 0) is 29.1 Å². The van der Waals surface area contributed by atoms with Gasteiger partial charge in [-0.3, -0.25) is 4.79 Å². The van der Waals surface area contributed by atoms with Crippen molar-refractivity contribution in [2.45, 2.75) is 39.0 Å². The van der Waals surface area contributed by atoms with Crippen molar-refractivity contribution in [1.82, 2.24) is 9.55 Å². The lowest BCUT2D eigenvalue weighted by atomic mass is 9.92. The van der Waals surface area contributed by atoms with Crippen LogP contribution in [0.15, 0.2) is 23.0 Å². The number of pyridine rings is 2. The van der Waals surface area contributed by atoms with E-state index in [1.807, 2.05) is 6.08 Å². The van der Waals surface area contributed by atoms with E-state index in [1.54, 1.807) is 17.6 Å². The number of aromatic nitrogens is 2. The Balaban J connectivity index is 1.72. The average Bonchev–Trinajstić information content (AvgIpc) is 3.00. The lowest BCUT2D eigenvalue weighted by molar-refractivity contribution is -0.157. The molecule has 3 aromatic rings. The summed E-state index contributed by atoms with van der Waals surface area (Å²) in [6, 6.07) is 3.02. The second-order valence-electron chi connectivity index (χ2n) is 8.23. The van der Waals surface area contributed by atoms with Crippen LogP contribution in [0, 0.1) is 12.7 Å². The van der Waals surface area contributed by atoms with Gasteiger partial charge >= 0.3 is 5.97 Å². The average molecular weight is 419 g/mol. The number of benzene rings is 1. The second kappa shape index (κ2) is 6.01. The highest BCUT2D eigenvalue weighted by Gasteiger charge is 2.35. The van der Waals surface area contributed by atoms with Crippen LogP contribution in [0.2, 0.25) is 0 Å². The minimum absolute atomic E-state index is 0.181. The third-order valence-electron chi connectivity index (χ3n) is 6.62. The minimum atomic E-state index is -1.52. The van der Waals surface area contributed by atoms with Crippen LogP contribution in [0.5, 0.6) is 0 Å². The molecule has 1 atom stereocenters. The number of nitrogens with two attached hydrogens (primary N) is 1. The van der Waals surface area contributed by atoms with Crippen LogP contribution in [0.25, 0.3) is 28.0 Å². The number of fused-ring (bicyclic) bond motifs is 5. The summed E-state index contributed by atoms with van der Waals surface area (Å²) in [5, 5.41) is 11.1. The number of aliphatic hydroxyl groups excluding tert-OH is 1. The Labute approximate surface area is 175 Å². The molecule has 0 fully saturated rings. The lowest BCUT2D eigenvalue weighted by Gasteiger charge is -2.21. The van der Waals surface area contributed by atoms with Crippen LogP contribution in [-0.4, -0.2) is 20.6 Å². The number of nitrogens with zero attached hydrogens (tertiary/aromatic N) is 2. The molecule has 0 bridgehead atoms. The fourth-order valence-corrected chi connectivity index (χ4v) is 5.04. The van der Waals surface area contributed by atoms with E-state index in [0.29, 0.717) is 41.0 Å². The van der Waals surface area contributed by atoms with Gasteiger partial charge in [-0.1, -0.05) is 6.08 Å². The number of hydrogen-bond acceptors (Lipinski definition) is 6. The molecular formula is C23H18FN3O4. The number of esters is 1. The number of ether oxygens (including phenoxy) is 1. The van der Waals surface area contributed by atoms with Gasteiger partial charge < -0.3 is 20.1 Å². The third-order valence-corrected chi connectivity index (χ3v) is 6.62. The van der Waals surface area contributed by atoms with Crippen molar-refractivity contribution in [2.75, 3.05) is 0 Å². The quantitative estimate of drug-likeness (QED) is 0.423. The van der Waals surface area contributed by atoms with Crippen LogP contribution < -0.4 is 11.3 Å². The lowest BCUT2D eigenvalue weighted by Crippen LogP contribution is -2.32. The molecule has 0 saturated carbocycles. The number of hydrogen-bond donors (Lipinski definition) is 2. The molecule has 31 heavy (non-hydrogen) atoms. The molecule has 2 aliphatic heterocycles. The Morgan fingerprint density at radius 3 is 2.87 bits per heavy atom. The van der Waals surface area contributed by atoms with E-state index in [0.717, 1.165) is 22.1 Å². The van der Waals surface area contributed by atoms with Crippen molar-refractivity contribution in [3.05, 3.63) is 67.8 Å². The molecule has 3 N–H and O–H groups in total. The molecule has 1 aliphatic carbocycles. The molecule has 3 aliphatic rings. The maximum absolute atomic E-state index is 14.7. The van der Waals surface area contributed by atoms with Gasteiger partial charge in [0.15, 0.2) is 6.10 Å². The highest BCUT2D eigenvalue weighted by atomic mass is 19.1. The molecule has 0 spiro atoms. The monoisotopic (exact) mass is 419 g/mol. The Morgan fingerprint density at radius 2 is 2.06 bits per heavy atom. The van der Waals surface area contributed by atoms with Crippen molar-refractivity contribution in [2.24, 2.45) is 5.73 Å². The van der Waals surface area contributed by atoms with Gasteiger partial charge in [-0.25, -0.2) is 14.2 Å². The topological polar surface area (TPSA) is 107 Å². The Hall–Kier alpha value is -3.52. The molecule has 0 saturated heterocycles. The van der Waals surface area contributed by atoms with Crippen molar-refractivity contribution in [3.8, 4) is 11.4 Å². The van der Waals surface area contributed by atoms with Crippen LogP contribution in [0.4, 0.5) is 4.39 Å². The molecular weight excluding hydrogens is 401 g/mol. The normalized spacial score (nSPS) is 18.7. The van der Waals surface area contributed by atoms with Crippen molar-refractivity contribution >= 4 is 22.6 Å². The zero-order valence-corrected chi connectivity index (χ0v) is 16.7. The summed E-state index contributed by atoms with van der Waals surface area (Å²) in [6.07, 6.45) is 1.74. The molecule has 8 heteroatoms. The molecule has 7 nitrogen and oxygen atoms in total. The highest BCUT2D eigenvalue weighted by molar-refractivity contribution is 5.99. The van der Waals surface area contributed by atoms with Crippen molar-refractivity contribution < 1.29 is 19.0 Å². The fourth-order valence-electron chi connectivity index (χ4n) is 5.04. The number of aryl methyl sites for hydroxylation is 1. The molecule has 6 rings (SSSR count). The number of aliphatic hydroxyl groups is 1. The van der Waals surface area contributed by atoms with Crippen molar-refractivity contribution in [1.29, 1.82) is 0 Å². The van der Waals surface area contributed by atoms with Gasteiger partial charge in [-0.2, -0.15) is 0 Å². The Morgan fingerprint density at radius 1 is 1.26 bits per heavy atom. The summed E-state index contributed by atoms with van der Waals surface area (Å²) in [4.78, 5) is 29.7. The summed E-state index contributed by atoms with van der Waals surface area (Å²) >= 11 is 0. The number of carbonyl (C=O) groups is 1. The number of cyclic esters (lactones) is 1. The second-order valence-corrected chi connectivity index (χ2v) is 8.23. The van der Waals surface area contributed by atoms with E-state index in [2.05, 4.69) is 0 Å². The van der Waals surface area contributed by atoms with E-state index < -0.39 is 12.1 Å². The predicted octanol–water partition coefficient (Wildman–Crippen LogP) is 2.21. The number of rotatable bonds is 0. The van der Waals surface area contributed by atoms with Gasteiger partial charge in [-0.15, -0.1) is 0 Å². The largest absolute Gasteiger partial charge is 0.458 e. The summed E-state index contributed by atoms with van der Waals surface area (Å²) < 4.78 is 21.2. The van der Waals surface area contributed by atoms with E-state index in [4.69, 9.17) is 15.5 Å². The number of halogens is 1. The smallest absolute Gasteiger partial charge is 0.340 e. The molecule has 4 heterocycles. The zero-order valence-electron chi connectivity index (χ0n) is 16.7. The maximum atomic E-state index is 14.7. The Kier molecular flexibility index (Phi) is 3.54. The predicted molar refractivity (Wildman–Crippen MR) is 110 cm³/mol. The summed E-state index contributed by atoms with van der Waals surface area (Å²) in [5.41, 5.74) is 11.7.